The van der Waals surface area contributed by atoms with Crippen molar-refractivity contribution in [2.24, 2.45) is 5.73 Å². The molecule has 0 radical (unpaired) electrons. The van der Waals surface area contributed by atoms with E-state index in [9.17, 15) is 0 Å². The van der Waals surface area contributed by atoms with E-state index in [-0.39, 0.29) is 7.53 Å². The number of nitrogens with zero attached hydrogens (tertiary/aromatic N) is 1. The van der Waals surface area contributed by atoms with Crippen LogP contribution in [0.15, 0.2) is 0 Å². The van der Waals surface area contributed by atoms with Gasteiger partial charge in [0.2, 0.25) is 0 Å². The van der Waals surface area contributed by atoms with Crippen molar-refractivity contribution >= 4 is 0 Å². The molecule has 1 saturated heterocycles. The molecule has 0 aromatic rings. The van der Waals surface area contributed by atoms with Gasteiger partial charge in [0.05, 0.1) is 19.3 Å². The molecule has 0 bridgehead atoms. The molecule has 0 unspecified atom stereocenters. The summed E-state index contributed by atoms with van der Waals surface area (Å²) >= 11 is 0. The molecule has 106 valence electrons. The predicted octanol–water partition coefficient (Wildman–Crippen LogP) is 1.73. The summed E-state index contributed by atoms with van der Waals surface area (Å²) in [6, 6.07) is 0. The topological polar surface area (TPSA) is 47.7 Å². The lowest BCUT2D eigenvalue weighted by molar-refractivity contribution is -0.0689. The summed E-state index contributed by atoms with van der Waals surface area (Å²) in [5.41, 5.74) is 5.39. The Morgan fingerprint density at radius 2 is 2.24 bits per heavy atom. The van der Waals surface area contributed by atoms with E-state index in [1.165, 1.54) is 13.0 Å². The fourth-order valence-electron chi connectivity index (χ4n) is 1.80. The van der Waals surface area contributed by atoms with E-state index in [2.05, 4.69) is 11.8 Å². The van der Waals surface area contributed by atoms with Gasteiger partial charge in [0.1, 0.15) is 0 Å². The molecular weight excluding hydrogens is 216 g/mol. The second-order valence-corrected chi connectivity index (χ2v) is 4.01. The highest BCUT2D eigenvalue weighted by molar-refractivity contribution is 4.70. The normalized spacial score (nSPS) is 20.8. The molecule has 0 aliphatic carbocycles. The van der Waals surface area contributed by atoms with E-state index in [0.717, 1.165) is 32.7 Å². The lowest BCUT2D eigenvalue weighted by atomic mass is 10.2. The van der Waals surface area contributed by atoms with Crippen LogP contribution in [0.4, 0.5) is 0 Å². The van der Waals surface area contributed by atoms with Gasteiger partial charge >= 0.3 is 0 Å². The molecule has 0 spiro atoms. The zero-order chi connectivity index (χ0) is 12.9. The van der Waals surface area contributed by atoms with Crippen molar-refractivity contribution in [3.8, 4) is 0 Å². The third kappa shape index (κ3) is 8.55. The second kappa shape index (κ2) is 12.3. The van der Waals surface area contributed by atoms with Crippen LogP contribution >= 0.6 is 0 Å². The highest BCUT2D eigenvalue weighted by Gasteiger charge is 2.19. The van der Waals surface area contributed by atoms with Crippen LogP contribution in [0.3, 0.4) is 0 Å². The highest BCUT2D eigenvalue weighted by atomic mass is 16.5. The van der Waals surface area contributed by atoms with Gasteiger partial charge in [-0.2, -0.15) is 0 Å². The Kier molecular flexibility index (Phi) is 12.2. The van der Waals surface area contributed by atoms with Gasteiger partial charge in [-0.25, -0.2) is 0 Å². The Bertz CT molecular complexity index is 160. The molecule has 1 aliphatic rings. The summed E-state index contributed by atoms with van der Waals surface area (Å²) in [5.74, 6) is 0. The van der Waals surface area contributed by atoms with Crippen LogP contribution in [0, 0.1) is 0 Å². The third-order valence-electron chi connectivity index (χ3n) is 2.56. The number of ether oxygens (including phenoxy) is 2. The third-order valence-corrected chi connectivity index (χ3v) is 2.56. The summed E-state index contributed by atoms with van der Waals surface area (Å²) in [4.78, 5) is 2.44. The Morgan fingerprint density at radius 3 is 2.88 bits per heavy atom. The minimum atomic E-state index is 0. The maximum absolute atomic E-state index is 5.64. The first-order valence-electron chi connectivity index (χ1n) is 6.98. The fraction of sp³-hybridized carbons (Fsp3) is 1.00. The smallest absolute Gasteiger partial charge is 0.0935 e. The van der Waals surface area contributed by atoms with Gasteiger partial charge in [-0.3, -0.25) is 4.90 Å². The fourth-order valence-corrected chi connectivity index (χ4v) is 1.80. The Labute approximate surface area is 108 Å². The number of hydrogen-bond acceptors (Lipinski definition) is 4. The SMILES string of the molecule is CC.CCCN1CCO[C@@H](COCCCN)C1.[HH]. The minimum absolute atomic E-state index is 0. The Morgan fingerprint density at radius 1 is 1.47 bits per heavy atom. The van der Waals surface area contributed by atoms with Crippen LogP contribution in [0.5, 0.6) is 0 Å². The lowest BCUT2D eigenvalue weighted by Crippen LogP contribution is -2.44. The summed E-state index contributed by atoms with van der Waals surface area (Å²) in [5, 5.41) is 0. The largest absolute Gasteiger partial charge is 0.379 e. The molecule has 1 atom stereocenters. The van der Waals surface area contributed by atoms with Crippen molar-refractivity contribution in [3.63, 3.8) is 0 Å². The number of rotatable bonds is 7. The number of nitrogens with two attached hydrogens (primary N) is 1. The van der Waals surface area contributed by atoms with Crippen LogP contribution < -0.4 is 5.73 Å². The van der Waals surface area contributed by atoms with Crippen molar-refractivity contribution < 1.29 is 10.9 Å². The van der Waals surface area contributed by atoms with Gasteiger partial charge in [-0.05, 0) is 25.9 Å². The molecule has 0 saturated carbocycles. The van der Waals surface area contributed by atoms with E-state index >= 15 is 0 Å². The Balaban J connectivity index is 0. The zero-order valence-electron chi connectivity index (χ0n) is 11.8. The van der Waals surface area contributed by atoms with Crippen molar-refractivity contribution in [3.05, 3.63) is 0 Å². The first-order chi connectivity index (χ1) is 8.36. The van der Waals surface area contributed by atoms with E-state index in [0.29, 0.717) is 13.2 Å². The van der Waals surface area contributed by atoms with E-state index in [1.807, 2.05) is 13.8 Å². The minimum Gasteiger partial charge on any atom is -0.379 e. The molecule has 1 rings (SSSR count). The Hall–Kier alpha value is -0.160. The van der Waals surface area contributed by atoms with Gasteiger partial charge in [0.15, 0.2) is 0 Å². The molecule has 0 aromatic heterocycles. The molecule has 1 heterocycles. The molecule has 4 nitrogen and oxygen atoms in total. The molecular formula is C13H32N2O2. The maximum Gasteiger partial charge on any atom is 0.0935 e. The highest BCUT2D eigenvalue weighted by Crippen LogP contribution is 2.06. The zero-order valence-corrected chi connectivity index (χ0v) is 11.8. The lowest BCUT2D eigenvalue weighted by Gasteiger charge is -2.32. The molecule has 17 heavy (non-hydrogen) atoms. The van der Waals surface area contributed by atoms with Crippen LogP contribution in [0.1, 0.15) is 35.0 Å². The van der Waals surface area contributed by atoms with Crippen LogP contribution in [0.2, 0.25) is 0 Å². The quantitative estimate of drug-likeness (QED) is 0.697. The standard InChI is InChI=1S/C11H24N2O2.C2H6.H2/c1-2-5-13-6-8-15-11(9-13)10-14-7-3-4-12;1-2;/h11H,2-10,12H2,1H3;1-2H3;1H/t11-;;/m1../s1. The van der Waals surface area contributed by atoms with Crippen molar-refractivity contribution in [2.45, 2.75) is 39.7 Å². The van der Waals surface area contributed by atoms with Gasteiger partial charge in [-0.1, -0.05) is 20.8 Å². The van der Waals surface area contributed by atoms with Crippen LogP contribution in [0.25, 0.3) is 0 Å². The average molecular weight is 248 g/mol. The monoisotopic (exact) mass is 248 g/mol. The van der Waals surface area contributed by atoms with Crippen molar-refractivity contribution in [1.29, 1.82) is 0 Å². The molecule has 2 N–H and O–H groups in total. The molecule has 0 aromatic carbocycles. The summed E-state index contributed by atoms with van der Waals surface area (Å²) in [6.45, 7) is 12.5. The molecule has 4 heteroatoms. The number of hydrogen-bond donors (Lipinski definition) is 1. The second-order valence-electron chi connectivity index (χ2n) is 4.01. The average Bonchev–Trinajstić information content (AvgIpc) is 2.38. The first-order valence-corrected chi connectivity index (χ1v) is 6.98. The molecule has 0 amide bonds. The molecule has 1 aliphatic heterocycles. The molecule has 1 fully saturated rings. The van der Waals surface area contributed by atoms with Crippen LogP contribution in [-0.2, 0) is 9.47 Å². The van der Waals surface area contributed by atoms with E-state index in [4.69, 9.17) is 15.2 Å². The van der Waals surface area contributed by atoms with Gasteiger partial charge in [-0.15, -0.1) is 0 Å². The summed E-state index contributed by atoms with van der Waals surface area (Å²) in [7, 11) is 0. The van der Waals surface area contributed by atoms with Crippen LogP contribution in [-0.4, -0.2) is 57.0 Å². The van der Waals surface area contributed by atoms with Gasteiger partial charge in [0.25, 0.3) is 0 Å². The van der Waals surface area contributed by atoms with E-state index < -0.39 is 0 Å². The van der Waals surface area contributed by atoms with Gasteiger partial charge in [0, 0.05) is 21.1 Å². The maximum atomic E-state index is 5.64. The van der Waals surface area contributed by atoms with Crippen molar-refractivity contribution in [2.75, 3.05) is 46.0 Å². The van der Waals surface area contributed by atoms with Crippen molar-refractivity contribution in [1.82, 2.24) is 4.90 Å². The summed E-state index contributed by atoms with van der Waals surface area (Å²) in [6.07, 6.45) is 2.40. The van der Waals surface area contributed by atoms with Gasteiger partial charge < -0.3 is 15.2 Å². The predicted molar refractivity (Wildman–Crippen MR) is 74.4 cm³/mol. The van der Waals surface area contributed by atoms with E-state index in [1.54, 1.807) is 0 Å². The number of morpholine rings is 1. The first kappa shape index (κ1) is 16.8. The summed E-state index contributed by atoms with van der Waals surface area (Å²) < 4.78 is 11.1.